The summed E-state index contributed by atoms with van der Waals surface area (Å²) in [5.41, 5.74) is 0. The summed E-state index contributed by atoms with van der Waals surface area (Å²) in [5, 5.41) is 18.4. The largest absolute Gasteiger partial charge is 0.376 e. The van der Waals surface area contributed by atoms with E-state index in [0.717, 1.165) is 0 Å². The molecule has 1 unspecified atom stereocenters. The highest BCUT2D eigenvalue weighted by Gasteiger charge is 2.29. The summed E-state index contributed by atoms with van der Waals surface area (Å²) < 4.78 is 5.24. The second kappa shape index (κ2) is 3.06. The molecule has 1 heterocycles. The third-order valence-electron chi connectivity index (χ3n) is 1.84. The van der Waals surface area contributed by atoms with E-state index in [4.69, 9.17) is 4.74 Å². The zero-order chi connectivity index (χ0) is 8.48. The molecular formula is C7H15NO3. The number of rotatable bonds is 1. The van der Waals surface area contributed by atoms with Gasteiger partial charge in [-0.15, -0.1) is 0 Å². The smallest absolute Gasteiger partial charge is 0.222 e. The van der Waals surface area contributed by atoms with Gasteiger partial charge in [-0.05, 0) is 6.92 Å². The summed E-state index contributed by atoms with van der Waals surface area (Å²) in [6.07, 6.45) is 0.0855. The summed E-state index contributed by atoms with van der Waals surface area (Å²) in [6, 6.07) is 0. The minimum Gasteiger partial charge on any atom is -0.376 e. The first-order valence-corrected chi connectivity index (χ1v) is 3.81. The Morgan fingerprint density at radius 1 is 1.55 bits per heavy atom. The predicted octanol–water partition coefficient (Wildman–Crippen LogP) is -0.635. The summed E-state index contributed by atoms with van der Waals surface area (Å²) in [5.74, 6) is -1.70. The molecule has 0 aromatic rings. The van der Waals surface area contributed by atoms with Gasteiger partial charge in [0.15, 0.2) is 0 Å². The molecule has 0 aromatic carbocycles. The highest BCUT2D eigenvalue weighted by atomic mass is 16.5. The molecule has 1 rings (SSSR count). The number of hydrogen-bond acceptors (Lipinski definition) is 4. The van der Waals surface area contributed by atoms with Crippen LogP contribution in [0.2, 0.25) is 0 Å². The number of nitrogens with zero attached hydrogens (tertiary/aromatic N) is 1. The Hall–Kier alpha value is -0.160. The zero-order valence-corrected chi connectivity index (χ0v) is 6.95. The molecule has 1 aliphatic heterocycles. The minimum atomic E-state index is -1.70. The summed E-state index contributed by atoms with van der Waals surface area (Å²) >= 11 is 0. The molecule has 0 aromatic heterocycles. The molecule has 0 bridgehead atoms. The van der Waals surface area contributed by atoms with Gasteiger partial charge < -0.3 is 14.9 Å². The fourth-order valence-corrected chi connectivity index (χ4v) is 1.20. The van der Waals surface area contributed by atoms with Crippen molar-refractivity contribution in [2.45, 2.75) is 25.9 Å². The molecule has 0 aliphatic carbocycles. The van der Waals surface area contributed by atoms with E-state index < -0.39 is 5.91 Å². The van der Waals surface area contributed by atoms with E-state index >= 15 is 0 Å². The lowest BCUT2D eigenvalue weighted by Gasteiger charge is -2.37. The van der Waals surface area contributed by atoms with Crippen molar-refractivity contribution in [2.75, 3.05) is 19.7 Å². The molecule has 2 N–H and O–H groups in total. The van der Waals surface area contributed by atoms with Crippen LogP contribution in [0.4, 0.5) is 0 Å². The second-order valence-corrected chi connectivity index (χ2v) is 3.10. The van der Waals surface area contributed by atoms with Gasteiger partial charge in [-0.25, -0.2) is 4.90 Å². The van der Waals surface area contributed by atoms with Crippen molar-refractivity contribution < 1.29 is 14.9 Å². The SMILES string of the molecule is CC1CN(C(C)(O)O)CCO1. The first-order chi connectivity index (χ1) is 5.00. The van der Waals surface area contributed by atoms with E-state index in [1.165, 1.54) is 6.92 Å². The summed E-state index contributed by atoms with van der Waals surface area (Å²) in [7, 11) is 0. The third-order valence-corrected chi connectivity index (χ3v) is 1.84. The van der Waals surface area contributed by atoms with Crippen molar-refractivity contribution in [1.29, 1.82) is 0 Å². The van der Waals surface area contributed by atoms with Gasteiger partial charge in [-0.3, -0.25) is 0 Å². The van der Waals surface area contributed by atoms with Crippen molar-refractivity contribution in [2.24, 2.45) is 0 Å². The van der Waals surface area contributed by atoms with E-state index in [0.29, 0.717) is 19.7 Å². The maximum atomic E-state index is 9.19. The average Bonchev–Trinajstić information content (AvgIpc) is 1.86. The second-order valence-electron chi connectivity index (χ2n) is 3.10. The molecule has 0 radical (unpaired) electrons. The Bertz CT molecular complexity index is 132. The van der Waals surface area contributed by atoms with Crippen LogP contribution in [0.25, 0.3) is 0 Å². The molecule has 66 valence electrons. The third kappa shape index (κ3) is 2.41. The monoisotopic (exact) mass is 161 g/mol. The Morgan fingerprint density at radius 2 is 2.18 bits per heavy atom. The topological polar surface area (TPSA) is 52.9 Å². The number of ether oxygens (including phenoxy) is 1. The molecule has 4 heteroatoms. The van der Waals surface area contributed by atoms with Crippen LogP contribution >= 0.6 is 0 Å². The first-order valence-electron chi connectivity index (χ1n) is 3.81. The van der Waals surface area contributed by atoms with Crippen LogP contribution in [-0.4, -0.2) is 46.8 Å². The van der Waals surface area contributed by atoms with Gasteiger partial charge in [-0.2, -0.15) is 0 Å². The van der Waals surface area contributed by atoms with Gasteiger partial charge in [0.2, 0.25) is 5.91 Å². The van der Waals surface area contributed by atoms with Gasteiger partial charge >= 0.3 is 0 Å². The standard InChI is InChI=1S/C7H15NO3/c1-6-5-8(3-4-11-6)7(2,9)10/h6,9-10H,3-5H2,1-2H3. The Kier molecular flexibility index (Phi) is 2.49. The summed E-state index contributed by atoms with van der Waals surface area (Å²) in [6.45, 7) is 5.00. The van der Waals surface area contributed by atoms with Crippen molar-refractivity contribution in [1.82, 2.24) is 4.90 Å². The fourth-order valence-electron chi connectivity index (χ4n) is 1.20. The van der Waals surface area contributed by atoms with E-state index in [1.54, 1.807) is 4.90 Å². The average molecular weight is 161 g/mol. The van der Waals surface area contributed by atoms with Gasteiger partial charge in [0.05, 0.1) is 12.7 Å². The maximum Gasteiger partial charge on any atom is 0.222 e. The number of aliphatic hydroxyl groups is 2. The van der Waals surface area contributed by atoms with Gasteiger partial charge in [0.25, 0.3) is 0 Å². The van der Waals surface area contributed by atoms with E-state index in [2.05, 4.69) is 0 Å². The van der Waals surface area contributed by atoms with E-state index in [-0.39, 0.29) is 6.10 Å². The van der Waals surface area contributed by atoms with Crippen LogP contribution in [0.15, 0.2) is 0 Å². The molecule has 1 atom stereocenters. The Balaban J connectivity index is 2.46. The molecule has 0 saturated carbocycles. The molecule has 0 spiro atoms. The van der Waals surface area contributed by atoms with Gasteiger partial charge in [0, 0.05) is 20.0 Å². The van der Waals surface area contributed by atoms with E-state index in [1.807, 2.05) is 6.92 Å². The van der Waals surface area contributed by atoms with Crippen LogP contribution in [-0.2, 0) is 4.74 Å². The number of morpholine rings is 1. The zero-order valence-electron chi connectivity index (χ0n) is 6.95. The maximum absolute atomic E-state index is 9.19. The molecule has 1 aliphatic rings. The minimum absolute atomic E-state index is 0.0855. The van der Waals surface area contributed by atoms with Crippen molar-refractivity contribution in [3.8, 4) is 0 Å². The Morgan fingerprint density at radius 3 is 2.55 bits per heavy atom. The van der Waals surface area contributed by atoms with Crippen LogP contribution < -0.4 is 0 Å². The van der Waals surface area contributed by atoms with Crippen molar-refractivity contribution >= 4 is 0 Å². The van der Waals surface area contributed by atoms with Crippen molar-refractivity contribution in [3.63, 3.8) is 0 Å². The van der Waals surface area contributed by atoms with Crippen LogP contribution in [0.1, 0.15) is 13.8 Å². The van der Waals surface area contributed by atoms with Gasteiger partial charge in [-0.1, -0.05) is 0 Å². The summed E-state index contributed by atoms with van der Waals surface area (Å²) in [4.78, 5) is 1.58. The lowest BCUT2D eigenvalue weighted by molar-refractivity contribution is -0.269. The number of hydrogen-bond donors (Lipinski definition) is 2. The molecular weight excluding hydrogens is 146 g/mol. The highest BCUT2D eigenvalue weighted by Crippen LogP contribution is 2.12. The van der Waals surface area contributed by atoms with Crippen LogP contribution in [0, 0.1) is 0 Å². The molecule has 1 fully saturated rings. The molecule has 4 nitrogen and oxygen atoms in total. The lowest BCUT2D eigenvalue weighted by atomic mass is 10.3. The van der Waals surface area contributed by atoms with E-state index in [9.17, 15) is 10.2 Å². The first kappa shape index (κ1) is 8.93. The van der Waals surface area contributed by atoms with Gasteiger partial charge in [0.1, 0.15) is 0 Å². The Labute approximate surface area is 66.4 Å². The fraction of sp³-hybridized carbons (Fsp3) is 1.00. The highest BCUT2D eigenvalue weighted by molar-refractivity contribution is 4.71. The normalized spacial score (nSPS) is 28.9. The quantitative estimate of drug-likeness (QED) is 0.502. The lowest BCUT2D eigenvalue weighted by Crippen LogP contribution is -2.53. The van der Waals surface area contributed by atoms with Crippen LogP contribution in [0.5, 0.6) is 0 Å². The molecule has 11 heavy (non-hydrogen) atoms. The molecule has 1 saturated heterocycles. The molecule has 0 amide bonds. The van der Waals surface area contributed by atoms with Crippen LogP contribution in [0.3, 0.4) is 0 Å². The predicted molar refractivity (Wildman–Crippen MR) is 39.8 cm³/mol. The van der Waals surface area contributed by atoms with Crippen molar-refractivity contribution in [3.05, 3.63) is 0 Å².